The average Bonchev–Trinajstić information content (AvgIpc) is 2.55. The van der Waals surface area contributed by atoms with E-state index in [2.05, 4.69) is 6.58 Å². The van der Waals surface area contributed by atoms with Gasteiger partial charge in [0, 0.05) is 5.57 Å². The van der Waals surface area contributed by atoms with Crippen LogP contribution in [0.4, 0.5) is 0 Å². The maximum atomic E-state index is 11.0. The summed E-state index contributed by atoms with van der Waals surface area (Å²) in [6.07, 6.45) is 0.575. The fourth-order valence-electron chi connectivity index (χ4n) is 0.720. The number of ether oxygens (including phenoxy) is 3. The SMILES string of the molecule is C=C(CC)C(=O)OC1OCCO1. The summed E-state index contributed by atoms with van der Waals surface area (Å²) in [4.78, 5) is 11.0. The topological polar surface area (TPSA) is 44.8 Å². The van der Waals surface area contributed by atoms with Crippen LogP contribution in [0.25, 0.3) is 0 Å². The Balaban J connectivity index is 2.29. The zero-order valence-electron chi connectivity index (χ0n) is 7.04. The molecule has 1 rings (SSSR count). The van der Waals surface area contributed by atoms with E-state index in [0.717, 1.165) is 0 Å². The van der Waals surface area contributed by atoms with Gasteiger partial charge in [-0.25, -0.2) is 4.79 Å². The summed E-state index contributed by atoms with van der Waals surface area (Å²) in [6, 6.07) is 0. The minimum absolute atomic E-state index is 0.425. The van der Waals surface area contributed by atoms with E-state index in [9.17, 15) is 4.79 Å². The minimum atomic E-state index is -0.833. The molecule has 1 aliphatic rings. The van der Waals surface area contributed by atoms with Crippen LogP contribution in [-0.4, -0.2) is 25.7 Å². The van der Waals surface area contributed by atoms with Crippen LogP contribution in [0, 0.1) is 0 Å². The molecular formula is C8H12O4. The Kier molecular flexibility index (Phi) is 3.25. The van der Waals surface area contributed by atoms with Crippen LogP contribution in [0.2, 0.25) is 0 Å². The third-order valence-corrected chi connectivity index (χ3v) is 1.51. The Morgan fingerprint density at radius 3 is 2.67 bits per heavy atom. The van der Waals surface area contributed by atoms with Gasteiger partial charge < -0.3 is 14.2 Å². The van der Waals surface area contributed by atoms with E-state index < -0.39 is 12.4 Å². The highest BCUT2D eigenvalue weighted by Gasteiger charge is 2.21. The van der Waals surface area contributed by atoms with Gasteiger partial charge in [0.25, 0.3) is 0 Å². The summed E-state index contributed by atoms with van der Waals surface area (Å²) in [6.45, 7) is 5.47. The number of hydrogen-bond acceptors (Lipinski definition) is 4. The van der Waals surface area contributed by atoms with Gasteiger partial charge in [0.2, 0.25) is 0 Å². The summed E-state index contributed by atoms with van der Waals surface area (Å²) >= 11 is 0. The van der Waals surface area contributed by atoms with E-state index in [-0.39, 0.29) is 0 Å². The molecule has 1 fully saturated rings. The smallest absolute Gasteiger partial charge is 0.337 e. The number of rotatable bonds is 3. The zero-order valence-corrected chi connectivity index (χ0v) is 7.04. The van der Waals surface area contributed by atoms with Gasteiger partial charge in [-0.2, -0.15) is 0 Å². The third kappa shape index (κ3) is 2.32. The Labute approximate surface area is 71.1 Å². The molecule has 4 nitrogen and oxygen atoms in total. The van der Waals surface area contributed by atoms with Crippen LogP contribution < -0.4 is 0 Å². The van der Waals surface area contributed by atoms with E-state index in [1.165, 1.54) is 0 Å². The van der Waals surface area contributed by atoms with Crippen molar-refractivity contribution in [3.63, 3.8) is 0 Å². The van der Waals surface area contributed by atoms with Crippen molar-refractivity contribution in [2.75, 3.05) is 13.2 Å². The molecule has 0 aromatic carbocycles. The van der Waals surface area contributed by atoms with E-state index in [1.807, 2.05) is 6.92 Å². The van der Waals surface area contributed by atoms with Gasteiger partial charge in [-0.3, -0.25) is 0 Å². The van der Waals surface area contributed by atoms with Crippen molar-refractivity contribution in [2.24, 2.45) is 0 Å². The highest BCUT2D eigenvalue weighted by Crippen LogP contribution is 2.08. The van der Waals surface area contributed by atoms with Crippen LogP contribution in [0.15, 0.2) is 12.2 Å². The highest BCUT2D eigenvalue weighted by molar-refractivity contribution is 5.87. The fourth-order valence-corrected chi connectivity index (χ4v) is 0.720. The van der Waals surface area contributed by atoms with Crippen molar-refractivity contribution in [1.82, 2.24) is 0 Å². The van der Waals surface area contributed by atoms with Gasteiger partial charge in [0.1, 0.15) is 0 Å². The number of hydrogen-bond donors (Lipinski definition) is 0. The molecule has 1 aliphatic heterocycles. The van der Waals surface area contributed by atoms with Crippen LogP contribution in [0.1, 0.15) is 13.3 Å². The number of carbonyl (C=O) groups excluding carboxylic acids is 1. The van der Waals surface area contributed by atoms with Crippen molar-refractivity contribution in [2.45, 2.75) is 19.8 Å². The molecule has 0 aromatic rings. The van der Waals surface area contributed by atoms with Gasteiger partial charge in [0.05, 0.1) is 13.2 Å². The molecule has 0 aliphatic carbocycles. The minimum Gasteiger partial charge on any atom is -0.407 e. The summed E-state index contributed by atoms with van der Waals surface area (Å²) < 4.78 is 14.6. The molecule has 0 N–H and O–H groups in total. The quantitative estimate of drug-likeness (QED) is 0.467. The molecule has 0 amide bonds. The Morgan fingerprint density at radius 2 is 2.17 bits per heavy atom. The Morgan fingerprint density at radius 1 is 1.58 bits per heavy atom. The molecule has 0 aromatic heterocycles. The van der Waals surface area contributed by atoms with Gasteiger partial charge in [-0.1, -0.05) is 13.5 Å². The summed E-state index contributed by atoms with van der Waals surface area (Å²) in [5.74, 6) is -0.454. The second-order valence-corrected chi connectivity index (χ2v) is 2.39. The van der Waals surface area contributed by atoms with E-state index in [0.29, 0.717) is 25.2 Å². The number of carbonyl (C=O) groups is 1. The first kappa shape index (κ1) is 9.22. The average molecular weight is 172 g/mol. The molecule has 0 spiro atoms. The summed E-state index contributed by atoms with van der Waals surface area (Å²) in [5.41, 5.74) is 0.425. The van der Waals surface area contributed by atoms with Crippen molar-refractivity contribution in [3.05, 3.63) is 12.2 Å². The number of esters is 1. The molecule has 1 heterocycles. The lowest BCUT2D eigenvalue weighted by Gasteiger charge is -2.10. The first-order valence-electron chi connectivity index (χ1n) is 3.86. The lowest BCUT2D eigenvalue weighted by molar-refractivity contribution is -0.223. The molecule has 0 radical (unpaired) electrons. The van der Waals surface area contributed by atoms with Gasteiger partial charge in [-0.15, -0.1) is 0 Å². The molecule has 4 heteroatoms. The maximum absolute atomic E-state index is 11.0. The molecule has 0 unspecified atom stereocenters. The highest BCUT2D eigenvalue weighted by atomic mass is 16.9. The second-order valence-electron chi connectivity index (χ2n) is 2.39. The third-order valence-electron chi connectivity index (χ3n) is 1.51. The molecular weight excluding hydrogens is 160 g/mol. The van der Waals surface area contributed by atoms with E-state index in [1.54, 1.807) is 0 Å². The molecule has 12 heavy (non-hydrogen) atoms. The standard InChI is InChI=1S/C8H12O4/c1-3-6(2)7(9)12-8-10-4-5-11-8/h8H,2-5H2,1H3. The van der Waals surface area contributed by atoms with Crippen LogP contribution >= 0.6 is 0 Å². The molecule has 0 atom stereocenters. The van der Waals surface area contributed by atoms with Gasteiger partial charge >= 0.3 is 12.4 Å². The summed E-state index contributed by atoms with van der Waals surface area (Å²) in [7, 11) is 0. The van der Waals surface area contributed by atoms with Gasteiger partial charge in [-0.05, 0) is 6.42 Å². The lowest BCUT2D eigenvalue weighted by Crippen LogP contribution is -2.19. The van der Waals surface area contributed by atoms with Crippen molar-refractivity contribution >= 4 is 5.97 Å². The van der Waals surface area contributed by atoms with E-state index >= 15 is 0 Å². The van der Waals surface area contributed by atoms with Crippen LogP contribution in [0.5, 0.6) is 0 Å². The lowest BCUT2D eigenvalue weighted by atomic mass is 10.2. The second kappa shape index (κ2) is 4.23. The van der Waals surface area contributed by atoms with Crippen molar-refractivity contribution in [3.8, 4) is 0 Å². The van der Waals surface area contributed by atoms with Crippen LogP contribution in [-0.2, 0) is 19.0 Å². The maximum Gasteiger partial charge on any atom is 0.337 e. The van der Waals surface area contributed by atoms with E-state index in [4.69, 9.17) is 14.2 Å². The monoisotopic (exact) mass is 172 g/mol. The normalized spacial score (nSPS) is 17.8. The predicted octanol–water partition coefficient (Wildman–Crippen LogP) is 0.826. The summed E-state index contributed by atoms with van der Waals surface area (Å²) in [5, 5.41) is 0. The Hall–Kier alpha value is -0.870. The fraction of sp³-hybridized carbons (Fsp3) is 0.625. The van der Waals surface area contributed by atoms with Crippen molar-refractivity contribution < 1.29 is 19.0 Å². The molecule has 68 valence electrons. The predicted molar refractivity (Wildman–Crippen MR) is 41.2 cm³/mol. The molecule has 1 saturated heterocycles. The first-order chi connectivity index (χ1) is 5.74. The zero-order chi connectivity index (χ0) is 8.97. The van der Waals surface area contributed by atoms with Crippen LogP contribution in [0.3, 0.4) is 0 Å². The molecule has 0 bridgehead atoms. The Bertz CT molecular complexity index is 181. The first-order valence-corrected chi connectivity index (χ1v) is 3.86. The van der Waals surface area contributed by atoms with Gasteiger partial charge in [0.15, 0.2) is 0 Å². The van der Waals surface area contributed by atoms with Crippen molar-refractivity contribution in [1.29, 1.82) is 0 Å². The molecule has 0 saturated carbocycles. The largest absolute Gasteiger partial charge is 0.407 e.